The molecule has 26 heavy (non-hydrogen) atoms. The van der Waals surface area contributed by atoms with E-state index in [-0.39, 0.29) is 23.9 Å². The van der Waals surface area contributed by atoms with Crippen molar-refractivity contribution >= 4 is 11.8 Å². The summed E-state index contributed by atoms with van der Waals surface area (Å²) in [5.74, 6) is 2.77. The van der Waals surface area contributed by atoms with E-state index in [9.17, 15) is 9.59 Å². The zero-order chi connectivity index (χ0) is 18.9. The Hall–Kier alpha value is -1.10. The summed E-state index contributed by atoms with van der Waals surface area (Å²) in [7, 11) is 0. The standard InChI is InChI=1S/C21H37N3O2/c1-5-24(13-19(26)23-20(2,3)4)12-18(25)22-14-21-9-15-6-16(10-21)8-17(7-15)11-21/h15-17H,5-14H2,1-4H3,(H,22,25)(H,23,26). The molecule has 0 atom stereocenters. The van der Waals surface area contributed by atoms with E-state index in [4.69, 9.17) is 0 Å². The molecule has 148 valence electrons. The van der Waals surface area contributed by atoms with Crippen molar-refractivity contribution in [3.05, 3.63) is 0 Å². The summed E-state index contributed by atoms with van der Waals surface area (Å²) >= 11 is 0. The van der Waals surface area contributed by atoms with E-state index in [1.165, 1.54) is 38.5 Å². The third-order valence-electron chi connectivity index (χ3n) is 6.52. The Bertz CT molecular complexity index is 503. The van der Waals surface area contributed by atoms with Crippen molar-refractivity contribution in [1.82, 2.24) is 15.5 Å². The molecule has 0 unspecified atom stereocenters. The van der Waals surface area contributed by atoms with Gasteiger partial charge in [0.05, 0.1) is 13.1 Å². The molecule has 0 saturated heterocycles. The van der Waals surface area contributed by atoms with E-state index in [2.05, 4.69) is 10.6 Å². The predicted octanol–water partition coefficient (Wildman–Crippen LogP) is 2.56. The molecule has 4 aliphatic rings. The summed E-state index contributed by atoms with van der Waals surface area (Å²) in [4.78, 5) is 26.5. The van der Waals surface area contributed by atoms with Crippen molar-refractivity contribution in [2.24, 2.45) is 23.2 Å². The van der Waals surface area contributed by atoms with Crippen LogP contribution in [0.3, 0.4) is 0 Å². The third-order valence-corrected chi connectivity index (χ3v) is 6.52. The van der Waals surface area contributed by atoms with Gasteiger partial charge in [-0.2, -0.15) is 0 Å². The number of rotatable bonds is 7. The van der Waals surface area contributed by atoms with Gasteiger partial charge in [0.25, 0.3) is 0 Å². The normalized spacial score (nSPS) is 32.7. The van der Waals surface area contributed by atoms with Crippen LogP contribution in [0, 0.1) is 23.2 Å². The molecule has 0 heterocycles. The first-order valence-corrected chi connectivity index (χ1v) is 10.5. The highest BCUT2D eigenvalue weighted by atomic mass is 16.2. The van der Waals surface area contributed by atoms with E-state index in [0.717, 1.165) is 24.3 Å². The quantitative estimate of drug-likeness (QED) is 0.731. The van der Waals surface area contributed by atoms with E-state index in [1.54, 1.807) is 0 Å². The number of hydrogen-bond acceptors (Lipinski definition) is 3. The smallest absolute Gasteiger partial charge is 0.234 e. The topological polar surface area (TPSA) is 61.4 Å². The molecule has 0 aromatic heterocycles. The molecule has 4 bridgehead atoms. The lowest BCUT2D eigenvalue weighted by Crippen LogP contribution is -2.52. The van der Waals surface area contributed by atoms with Crippen LogP contribution in [0.1, 0.15) is 66.2 Å². The van der Waals surface area contributed by atoms with E-state index in [1.807, 2.05) is 32.6 Å². The zero-order valence-corrected chi connectivity index (χ0v) is 17.1. The lowest BCUT2D eigenvalue weighted by molar-refractivity contribution is -0.126. The van der Waals surface area contributed by atoms with Crippen molar-refractivity contribution < 1.29 is 9.59 Å². The molecule has 0 spiro atoms. The molecule has 0 aromatic carbocycles. The molecule has 0 aliphatic heterocycles. The molecule has 4 aliphatic carbocycles. The number of carbonyl (C=O) groups excluding carboxylic acids is 2. The highest BCUT2D eigenvalue weighted by molar-refractivity contribution is 5.81. The van der Waals surface area contributed by atoms with Gasteiger partial charge in [0, 0.05) is 12.1 Å². The molecule has 5 nitrogen and oxygen atoms in total. The van der Waals surface area contributed by atoms with Crippen LogP contribution in [0.15, 0.2) is 0 Å². The number of likely N-dealkylation sites (N-methyl/N-ethyl adjacent to an activating group) is 1. The van der Waals surface area contributed by atoms with Gasteiger partial charge < -0.3 is 10.6 Å². The van der Waals surface area contributed by atoms with Gasteiger partial charge in [-0.05, 0) is 89.0 Å². The maximum absolute atomic E-state index is 12.5. The van der Waals surface area contributed by atoms with Crippen molar-refractivity contribution in [1.29, 1.82) is 0 Å². The first-order chi connectivity index (χ1) is 12.2. The van der Waals surface area contributed by atoms with Gasteiger partial charge in [-0.15, -0.1) is 0 Å². The lowest BCUT2D eigenvalue weighted by atomic mass is 9.49. The van der Waals surface area contributed by atoms with Crippen LogP contribution < -0.4 is 10.6 Å². The Morgan fingerprint density at radius 1 is 0.962 bits per heavy atom. The summed E-state index contributed by atoms with van der Waals surface area (Å²) in [5, 5.41) is 6.18. The Labute approximate surface area is 158 Å². The Balaban J connectivity index is 1.45. The van der Waals surface area contributed by atoms with Crippen LogP contribution in [0.25, 0.3) is 0 Å². The van der Waals surface area contributed by atoms with Crippen LogP contribution in [-0.4, -0.2) is 48.4 Å². The zero-order valence-electron chi connectivity index (χ0n) is 17.1. The molecule has 5 heteroatoms. The molecule has 4 rings (SSSR count). The summed E-state index contributed by atoms with van der Waals surface area (Å²) in [6, 6.07) is 0. The molecule has 2 N–H and O–H groups in total. The number of hydrogen-bond donors (Lipinski definition) is 2. The number of carbonyl (C=O) groups is 2. The number of nitrogens with zero attached hydrogens (tertiary/aromatic N) is 1. The third kappa shape index (κ3) is 4.99. The van der Waals surface area contributed by atoms with Gasteiger partial charge in [-0.25, -0.2) is 0 Å². The van der Waals surface area contributed by atoms with E-state index < -0.39 is 0 Å². The average molecular weight is 364 g/mol. The molecule has 0 aromatic rings. The summed E-state index contributed by atoms with van der Waals surface area (Å²) in [6.45, 7) is 10.0. The van der Waals surface area contributed by atoms with Crippen LogP contribution in [0.2, 0.25) is 0 Å². The van der Waals surface area contributed by atoms with Crippen molar-refractivity contribution in [3.63, 3.8) is 0 Å². The lowest BCUT2D eigenvalue weighted by Gasteiger charge is -2.56. The summed E-state index contributed by atoms with van der Waals surface area (Å²) < 4.78 is 0. The highest BCUT2D eigenvalue weighted by Crippen LogP contribution is 2.59. The Morgan fingerprint density at radius 2 is 1.46 bits per heavy atom. The van der Waals surface area contributed by atoms with Crippen LogP contribution in [0.4, 0.5) is 0 Å². The fraction of sp³-hybridized carbons (Fsp3) is 0.905. The van der Waals surface area contributed by atoms with Crippen LogP contribution >= 0.6 is 0 Å². The fourth-order valence-corrected chi connectivity index (χ4v) is 5.99. The average Bonchev–Trinajstić information content (AvgIpc) is 2.49. The minimum absolute atomic E-state index is 0.0202. The van der Waals surface area contributed by atoms with Gasteiger partial charge >= 0.3 is 0 Å². The number of amides is 2. The van der Waals surface area contributed by atoms with Gasteiger partial charge in [0.15, 0.2) is 0 Å². The first-order valence-electron chi connectivity index (χ1n) is 10.5. The second kappa shape index (κ2) is 7.49. The van der Waals surface area contributed by atoms with Crippen molar-refractivity contribution in [3.8, 4) is 0 Å². The summed E-state index contributed by atoms with van der Waals surface area (Å²) in [6.07, 6.45) is 8.22. The van der Waals surface area contributed by atoms with Gasteiger partial charge in [-0.3, -0.25) is 14.5 Å². The van der Waals surface area contributed by atoms with Crippen molar-refractivity contribution in [2.45, 2.75) is 71.8 Å². The molecular weight excluding hydrogens is 326 g/mol. The largest absolute Gasteiger partial charge is 0.354 e. The Kier molecular flexibility index (Phi) is 5.66. The number of nitrogens with one attached hydrogen (secondary N) is 2. The SMILES string of the molecule is CCN(CC(=O)NCC12CC3CC(CC(C3)C1)C2)CC(=O)NC(C)(C)C. The molecular formula is C21H37N3O2. The maximum atomic E-state index is 12.5. The highest BCUT2D eigenvalue weighted by Gasteiger charge is 2.50. The molecule has 0 radical (unpaired) electrons. The van der Waals surface area contributed by atoms with Gasteiger partial charge in [0.2, 0.25) is 11.8 Å². The molecule has 4 saturated carbocycles. The molecule has 2 amide bonds. The molecule has 4 fully saturated rings. The van der Waals surface area contributed by atoms with E-state index >= 15 is 0 Å². The first kappa shape index (κ1) is 19.7. The van der Waals surface area contributed by atoms with Gasteiger partial charge in [-0.1, -0.05) is 6.92 Å². The maximum Gasteiger partial charge on any atom is 0.234 e. The van der Waals surface area contributed by atoms with Crippen LogP contribution in [0.5, 0.6) is 0 Å². The van der Waals surface area contributed by atoms with Crippen molar-refractivity contribution in [2.75, 3.05) is 26.2 Å². The minimum atomic E-state index is -0.239. The monoisotopic (exact) mass is 363 g/mol. The van der Waals surface area contributed by atoms with E-state index in [0.29, 0.717) is 18.5 Å². The predicted molar refractivity (Wildman–Crippen MR) is 104 cm³/mol. The fourth-order valence-electron chi connectivity index (χ4n) is 5.99. The Morgan fingerprint density at radius 3 is 1.92 bits per heavy atom. The van der Waals surface area contributed by atoms with Gasteiger partial charge in [0.1, 0.15) is 0 Å². The van der Waals surface area contributed by atoms with Crippen LogP contribution in [-0.2, 0) is 9.59 Å². The second-order valence-corrected chi connectivity index (χ2v) is 10.3. The summed E-state index contributed by atoms with van der Waals surface area (Å²) in [5.41, 5.74) is 0.127. The second-order valence-electron chi connectivity index (χ2n) is 10.3. The minimum Gasteiger partial charge on any atom is -0.354 e.